The second kappa shape index (κ2) is 6.53. The molecular weight excluding hydrogens is 298 g/mol. The molecule has 1 N–H and O–H groups in total. The molecule has 0 spiro atoms. The lowest BCUT2D eigenvalue weighted by Gasteiger charge is -2.33. The molecule has 1 saturated heterocycles. The van der Waals surface area contributed by atoms with Crippen molar-refractivity contribution < 1.29 is 4.79 Å². The maximum atomic E-state index is 12.6. The molecule has 0 saturated carbocycles. The van der Waals surface area contributed by atoms with Crippen molar-refractivity contribution in [1.82, 2.24) is 15.1 Å². The molecule has 22 heavy (non-hydrogen) atoms. The minimum absolute atomic E-state index is 0.0773. The maximum absolute atomic E-state index is 12.6. The number of nitrogens with one attached hydrogen (secondary N) is 1. The summed E-state index contributed by atoms with van der Waals surface area (Å²) < 4.78 is 0. The summed E-state index contributed by atoms with van der Waals surface area (Å²) >= 11 is 5.99. The van der Waals surface area contributed by atoms with Crippen molar-refractivity contribution >= 4 is 17.5 Å². The van der Waals surface area contributed by atoms with Crippen LogP contribution < -0.4 is 0 Å². The van der Waals surface area contributed by atoms with Crippen LogP contribution >= 0.6 is 11.6 Å². The second-order valence-corrected chi connectivity index (χ2v) is 6.44. The normalized spacial score (nSPS) is 18.5. The van der Waals surface area contributed by atoms with Gasteiger partial charge in [-0.25, -0.2) is 0 Å². The Morgan fingerprint density at radius 1 is 1.50 bits per heavy atom. The van der Waals surface area contributed by atoms with Gasteiger partial charge in [0.25, 0.3) is 5.91 Å². The Hall–Kier alpha value is -1.81. The number of aromatic nitrogens is 2. The molecule has 116 valence electrons. The highest BCUT2D eigenvalue weighted by atomic mass is 35.5. The van der Waals surface area contributed by atoms with Crippen LogP contribution in [0.5, 0.6) is 0 Å². The van der Waals surface area contributed by atoms with Crippen molar-refractivity contribution in [2.24, 2.45) is 5.92 Å². The van der Waals surface area contributed by atoms with Crippen LogP contribution in [0.3, 0.4) is 0 Å². The average Bonchev–Trinajstić information content (AvgIpc) is 2.92. The van der Waals surface area contributed by atoms with Crippen LogP contribution in [0.15, 0.2) is 30.5 Å². The number of carbonyl (C=O) groups excluding carboxylic acids is 1. The first-order valence-corrected chi connectivity index (χ1v) is 8.05. The molecule has 0 radical (unpaired) electrons. The highest BCUT2D eigenvalue weighted by molar-refractivity contribution is 6.30. The lowest BCUT2D eigenvalue weighted by atomic mass is 9.92. The van der Waals surface area contributed by atoms with E-state index >= 15 is 0 Å². The monoisotopic (exact) mass is 317 g/mol. The zero-order valence-corrected chi connectivity index (χ0v) is 13.4. The molecule has 3 rings (SSSR count). The van der Waals surface area contributed by atoms with Gasteiger partial charge in [-0.15, -0.1) is 0 Å². The summed E-state index contributed by atoms with van der Waals surface area (Å²) in [6.45, 7) is 3.68. The Kier molecular flexibility index (Phi) is 4.48. The molecule has 1 aromatic heterocycles. The third-order valence-electron chi connectivity index (χ3n) is 4.30. The summed E-state index contributed by atoms with van der Waals surface area (Å²) in [5.41, 5.74) is 3.05. The number of hydrogen-bond donors (Lipinski definition) is 1. The summed E-state index contributed by atoms with van der Waals surface area (Å²) in [5, 5.41) is 7.75. The summed E-state index contributed by atoms with van der Waals surface area (Å²) in [7, 11) is 0. The van der Waals surface area contributed by atoms with Crippen LogP contribution in [0.25, 0.3) is 0 Å². The number of rotatable bonds is 3. The van der Waals surface area contributed by atoms with Gasteiger partial charge in [0.1, 0.15) is 0 Å². The summed E-state index contributed by atoms with van der Waals surface area (Å²) in [6, 6.07) is 7.19. The zero-order valence-electron chi connectivity index (χ0n) is 12.7. The van der Waals surface area contributed by atoms with E-state index in [1.54, 1.807) is 12.1 Å². The molecule has 1 aliphatic heterocycles. The van der Waals surface area contributed by atoms with Gasteiger partial charge in [0.05, 0.1) is 6.20 Å². The van der Waals surface area contributed by atoms with E-state index < -0.39 is 0 Å². The van der Waals surface area contributed by atoms with Crippen LogP contribution in [-0.4, -0.2) is 34.1 Å². The third kappa shape index (κ3) is 3.33. The summed E-state index contributed by atoms with van der Waals surface area (Å²) in [6.07, 6.45) is 5.00. The molecule has 0 bridgehead atoms. The Labute approximate surface area is 135 Å². The van der Waals surface area contributed by atoms with Crippen LogP contribution in [-0.2, 0) is 6.42 Å². The van der Waals surface area contributed by atoms with Crippen molar-refractivity contribution in [1.29, 1.82) is 0 Å². The van der Waals surface area contributed by atoms with Crippen molar-refractivity contribution in [3.63, 3.8) is 0 Å². The maximum Gasteiger partial charge on any atom is 0.253 e. The SMILES string of the molecule is Cc1cn[nH]c1CC1CCCN(C(=O)c2cccc(Cl)c2)C1. The van der Waals surface area contributed by atoms with E-state index in [9.17, 15) is 4.79 Å². The molecule has 2 aromatic rings. The predicted octanol–water partition coefficient (Wildman–Crippen LogP) is 3.47. The molecule has 1 amide bonds. The van der Waals surface area contributed by atoms with E-state index in [0.717, 1.165) is 32.4 Å². The number of amides is 1. The number of halogens is 1. The van der Waals surface area contributed by atoms with Gasteiger partial charge in [0.15, 0.2) is 0 Å². The molecule has 1 fully saturated rings. The van der Waals surface area contributed by atoms with Gasteiger partial charge in [-0.05, 0) is 55.9 Å². The topological polar surface area (TPSA) is 49.0 Å². The van der Waals surface area contributed by atoms with E-state index in [1.165, 1.54) is 11.3 Å². The molecule has 5 heteroatoms. The Balaban J connectivity index is 1.67. The van der Waals surface area contributed by atoms with Gasteiger partial charge in [-0.3, -0.25) is 9.89 Å². The van der Waals surface area contributed by atoms with Crippen molar-refractivity contribution in [2.75, 3.05) is 13.1 Å². The molecule has 4 nitrogen and oxygen atoms in total. The lowest BCUT2D eigenvalue weighted by molar-refractivity contribution is 0.0672. The second-order valence-electron chi connectivity index (χ2n) is 6.01. The lowest BCUT2D eigenvalue weighted by Crippen LogP contribution is -2.40. The van der Waals surface area contributed by atoms with Gasteiger partial charge in [-0.1, -0.05) is 17.7 Å². The van der Waals surface area contributed by atoms with Crippen molar-refractivity contribution in [2.45, 2.75) is 26.2 Å². The van der Waals surface area contributed by atoms with E-state index in [-0.39, 0.29) is 5.91 Å². The highest BCUT2D eigenvalue weighted by Gasteiger charge is 2.25. The highest BCUT2D eigenvalue weighted by Crippen LogP contribution is 2.23. The molecule has 2 heterocycles. The van der Waals surface area contributed by atoms with Crippen LogP contribution in [0.2, 0.25) is 5.02 Å². The van der Waals surface area contributed by atoms with Gasteiger partial charge in [0.2, 0.25) is 0 Å². The molecule has 0 aliphatic carbocycles. The first kappa shape index (κ1) is 15.1. The smallest absolute Gasteiger partial charge is 0.253 e. The molecule has 1 atom stereocenters. The predicted molar refractivity (Wildman–Crippen MR) is 87.1 cm³/mol. The van der Waals surface area contributed by atoms with Gasteiger partial charge in [-0.2, -0.15) is 5.10 Å². The Morgan fingerprint density at radius 3 is 3.09 bits per heavy atom. The average molecular weight is 318 g/mol. The number of hydrogen-bond acceptors (Lipinski definition) is 2. The van der Waals surface area contributed by atoms with Crippen molar-refractivity contribution in [3.05, 3.63) is 52.3 Å². The van der Waals surface area contributed by atoms with Gasteiger partial charge in [0, 0.05) is 29.4 Å². The number of aromatic amines is 1. The number of nitrogens with zero attached hydrogens (tertiary/aromatic N) is 2. The fraction of sp³-hybridized carbons (Fsp3) is 0.412. The first-order valence-electron chi connectivity index (χ1n) is 7.67. The van der Waals surface area contributed by atoms with E-state index in [1.807, 2.05) is 23.2 Å². The molecule has 1 aromatic carbocycles. The summed E-state index contributed by atoms with van der Waals surface area (Å²) in [4.78, 5) is 14.6. The quantitative estimate of drug-likeness (QED) is 0.942. The van der Waals surface area contributed by atoms with E-state index in [4.69, 9.17) is 11.6 Å². The number of benzene rings is 1. The van der Waals surface area contributed by atoms with E-state index in [0.29, 0.717) is 16.5 Å². The number of piperidine rings is 1. The van der Waals surface area contributed by atoms with Crippen LogP contribution in [0.1, 0.15) is 34.5 Å². The van der Waals surface area contributed by atoms with E-state index in [2.05, 4.69) is 17.1 Å². The standard InChI is InChI=1S/C17H20ClN3O/c1-12-10-19-20-16(12)8-13-4-3-7-21(11-13)17(22)14-5-2-6-15(18)9-14/h2,5-6,9-10,13H,3-4,7-8,11H2,1H3,(H,19,20). The largest absolute Gasteiger partial charge is 0.338 e. The minimum atomic E-state index is 0.0773. The summed E-state index contributed by atoms with van der Waals surface area (Å²) in [5.74, 6) is 0.560. The minimum Gasteiger partial charge on any atom is -0.338 e. The van der Waals surface area contributed by atoms with Gasteiger partial charge < -0.3 is 4.90 Å². The first-order chi connectivity index (χ1) is 10.6. The van der Waals surface area contributed by atoms with Crippen molar-refractivity contribution in [3.8, 4) is 0 Å². The number of carbonyl (C=O) groups is 1. The zero-order chi connectivity index (χ0) is 15.5. The third-order valence-corrected chi connectivity index (χ3v) is 4.54. The Bertz CT molecular complexity index is 667. The fourth-order valence-corrected chi connectivity index (χ4v) is 3.28. The van der Waals surface area contributed by atoms with Crippen LogP contribution in [0, 0.1) is 12.8 Å². The molecule has 1 unspecified atom stereocenters. The molecule has 1 aliphatic rings. The number of aryl methyl sites for hydroxylation is 1. The number of H-pyrrole nitrogens is 1. The van der Waals surface area contributed by atoms with Gasteiger partial charge >= 0.3 is 0 Å². The number of likely N-dealkylation sites (tertiary alicyclic amines) is 1. The van der Waals surface area contributed by atoms with Crippen LogP contribution in [0.4, 0.5) is 0 Å². The Morgan fingerprint density at radius 2 is 2.36 bits per heavy atom. The fourth-order valence-electron chi connectivity index (χ4n) is 3.09. The molecular formula is C17H20ClN3O.